The summed E-state index contributed by atoms with van der Waals surface area (Å²) in [6.07, 6.45) is 0.324. The number of fused-ring (bicyclic) bond motifs is 1. The first-order valence-corrected chi connectivity index (χ1v) is 8.21. The first kappa shape index (κ1) is 16.4. The number of hydrogen-bond acceptors (Lipinski definition) is 7. The van der Waals surface area contributed by atoms with Crippen molar-refractivity contribution in [3.63, 3.8) is 0 Å². The van der Waals surface area contributed by atoms with Gasteiger partial charge in [0.1, 0.15) is 5.82 Å². The van der Waals surface area contributed by atoms with Crippen molar-refractivity contribution in [2.45, 2.75) is 12.3 Å². The Bertz CT molecular complexity index is 775. The molecular formula is C16H19N3O4S. The molecule has 3 rings (SSSR count). The molecular weight excluding hydrogens is 330 g/mol. The van der Waals surface area contributed by atoms with Gasteiger partial charge in [-0.15, -0.1) is 0 Å². The SMILES string of the molecule is CNc1nc2c(s1)[C@@H](c1ccc(OC)c(OC)c1OC)CC(=O)N2. The Morgan fingerprint density at radius 3 is 2.58 bits per heavy atom. The van der Waals surface area contributed by atoms with Crippen LogP contribution in [0.5, 0.6) is 17.2 Å². The van der Waals surface area contributed by atoms with Crippen LogP contribution in [0.4, 0.5) is 10.9 Å². The van der Waals surface area contributed by atoms with Gasteiger partial charge in [-0.2, -0.15) is 0 Å². The first-order valence-electron chi connectivity index (χ1n) is 7.40. The number of rotatable bonds is 5. The number of nitrogens with zero attached hydrogens (tertiary/aromatic N) is 1. The van der Waals surface area contributed by atoms with Crippen molar-refractivity contribution in [1.82, 2.24) is 4.98 Å². The number of aromatic nitrogens is 1. The highest BCUT2D eigenvalue weighted by molar-refractivity contribution is 7.16. The highest BCUT2D eigenvalue weighted by Gasteiger charge is 2.33. The molecule has 0 aliphatic carbocycles. The van der Waals surface area contributed by atoms with Gasteiger partial charge in [0.2, 0.25) is 11.7 Å². The molecule has 0 saturated carbocycles. The average Bonchev–Trinajstić information content (AvgIpc) is 3.02. The zero-order valence-electron chi connectivity index (χ0n) is 13.9. The lowest BCUT2D eigenvalue weighted by Gasteiger charge is -2.24. The van der Waals surface area contributed by atoms with Gasteiger partial charge in [0.25, 0.3) is 0 Å². The molecule has 1 atom stereocenters. The van der Waals surface area contributed by atoms with Gasteiger partial charge in [0.15, 0.2) is 16.6 Å². The topological polar surface area (TPSA) is 81.7 Å². The van der Waals surface area contributed by atoms with Gasteiger partial charge >= 0.3 is 0 Å². The number of carbonyl (C=O) groups is 1. The number of ether oxygens (including phenoxy) is 3. The third-order valence-electron chi connectivity index (χ3n) is 3.94. The summed E-state index contributed by atoms with van der Waals surface area (Å²) in [5.41, 5.74) is 0.873. The average molecular weight is 349 g/mol. The van der Waals surface area contributed by atoms with Gasteiger partial charge in [-0.1, -0.05) is 17.4 Å². The van der Waals surface area contributed by atoms with Crippen LogP contribution in [0.2, 0.25) is 0 Å². The molecule has 1 aliphatic heterocycles. The van der Waals surface area contributed by atoms with Crippen molar-refractivity contribution >= 4 is 28.2 Å². The Kier molecular flexibility index (Phi) is 4.48. The third kappa shape index (κ3) is 2.62. The lowest BCUT2D eigenvalue weighted by molar-refractivity contribution is -0.116. The van der Waals surface area contributed by atoms with Gasteiger partial charge in [0, 0.05) is 24.9 Å². The maximum atomic E-state index is 12.1. The van der Waals surface area contributed by atoms with Crippen molar-refractivity contribution in [3.05, 3.63) is 22.6 Å². The Balaban J connectivity index is 2.15. The van der Waals surface area contributed by atoms with Crippen LogP contribution in [0.15, 0.2) is 12.1 Å². The summed E-state index contributed by atoms with van der Waals surface area (Å²) >= 11 is 1.52. The Hall–Kier alpha value is -2.48. The van der Waals surface area contributed by atoms with Crippen LogP contribution >= 0.6 is 11.3 Å². The lowest BCUT2D eigenvalue weighted by atomic mass is 9.90. The molecule has 2 N–H and O–H groups in total. The summed E-state index contributed by atoms with van der Waals surface area (Å²) in [7, 11) is 6.52. The Labute approximate surface area is 143 Å². The number of hydrogen-bond donors (Lipinski definition) is 2. The second kappa shape index (κ2) is 6.56. The second-order valence-corrected chi connectivity index (χ2v) is 6.24. The van der Waals surface area contributed by atoms with Crippen LogP contribution in [0.3, 0.4) is 0 Å². The van der Waals surface area contributed by atoms with Crippen molar-refractivity contribution in [3.8, 4) is 17.2 Å². The normalized spacial score (nSPS) is 16.2. The van der Waals surface area contributed by atoms with E-state index >= 15 is 0 Å². The smallest absolute Gasteiger partial charge is 0.226 e. The van der Waals surface area contributed by atoms with E-state index in [1.807, 2.05) is 12.1 Å². The molecule has 0 radical (unpaired) electrons. The van der Waals surface area contributed by atoms with E-state index in [0.717, 1.165) is 15.6 Å². The zero-order valence-corrected chi connectivity index (χ0v) is 14.7. The number of nitrogens with one attached hydrogen (secondary N) is 2. The van der Waals surface area contributed by atoms with E-state index in [-0.39, 0.29) is 11.8 Å². The molecule has 8 heteroatoms. The summed E-state index contributed by atoms with van der Waals surface area (Å²) in [4.78, 5) is 17.5. The van der Waals surface area contributed by atoms with E-state index in [1.165, 1.54) is 11.3 Å². The summed E-state index contributed by atoms with van der Waals surface area (Å²) in [6, 6.07) is 3.73. The second-order valence-electron chi connectivity index (χ2n) is 5.21. The molecule has 0 unspecified atom stereocenters. The molecule has 7 nitrogen and oxygen atoms in total. The molecule has 0 fully saturated rings. The van der Waals surface area contributed by atoms with Gasteiger partial charge < -0.3 is 24.8 Å². The monoisotopic (exact) mass is 349 g/mol. The molecule has 1 amide bonds. The predicted molar refractivity (Wildman–Crippen MR) is 92.8 cm³/mol. The fraction of sp³-hybridized carbons (Fsp3) is 0.375. The zero-order chi connectivity index (χ0) is 17.3. The first-order chi connectivity index (χ1) is 11.6. The molecule has 0 bridgehead atoms. The van der Waals surface area contributed by atoms with Crippen molar-refractivity contribution in [1.29, 1.82) is 0 Å². The summed E-state index contributed by atoms with van der Waals surface area (Å²) in [6.45, 7) is 0. The van der Waals surface area contributed by atoms with Gasteiger partial charge in [-0.3, -0.25) is 4.79 Å². The van der Waals surface area contributed by atoms with Crippen LogP contribution in [0, 0.1) is 0 Å². The molecule has 1 aliphatic rings. The van der Waals surface area contributed by atoms with Gasteiger partial charge in [-0.05, 0) is 6.07 Å². The van der Waals surface area contributed by atoms with Crippen LogP contribution < -0.4 is 24.8 Å². The van der Waals surface area contributed by atoms with Crippen molar-refractivity contribution in [2.24, 2.45) is 0 Å². The van der Waals surface area contributed by atoms with Crippen molar-refractivity contribution in [2.75, 3.05) is 39.0 Å². The number of carbonyl (C=O) groups excluding carboxylic acids is 1. The van der Waals surface area contributed by atoms with Crippen LogP contribution in [0.25, 0.3) is 0 Å². The van der Waals surface area contributed by atoms with Gasteiger partial charge in [0.05, 0.1) is 26.2 Å². The summed E-state index contributed by atoms with van der Waals surface area (Å²) in [5, 5.41) is 6.60. The van der Waals surface area contributed by atoms with E-state index < -0.39 is 0 Å². The standard InChI is InChI=1S/C16H19N3O4S/c1-17-16-19-15-14(24-16)9(7-11(20)18-15)8-5-6-10(21-2)13(23-4)12(8)22-3/h5-6,9H,7H2,1-4H3,(H,17,19)(H,18,20)/t9-/m1/s1. The number of benzene rings is 1. The fourth-order valence-corrected chi connectivity index (χ4v) is 3.87. The van der Waals surface area contributed by atoms with E-state index in [9.17, 15) is 4.79 Å². The number of methoxy groups -OCH3 is 3. The van der Waals surface area contributed by atoms with Crippen molar-refractivity contribution < 1.29 is 19.0 Å². The fourth-order valence-electron chi connectivity index (χ4n) is 2.88. The third-order valence-corrected chi connectivity index (χ3v) is 5.13. The lowest BCUT2D eigenvalue weighted by Crippen LogP contribution is -2.23. The minimum absolute atomic E-state index is 0.0720. The Morgan fingerprint density at radius 2 is 1.96 bits per heavy atom. The minimum atomic E-state index is -0.150. The van der Waals surface area contributed by atoms with E-state index in [0.29, 0.717) is 29.5 Å². The molecule has 0 saturated heterocycles. The summed E-state index contributed by atoms with van der Waals surface area (Å²) < 4.78 is 16.4. The molecule has 1 aromatic heterocycles. The predicted octanol–water partition coefficient (Wildman–Crippen LogP) is 2.68. The minimum Gasteiger partial charge on any atom is -0.493 e. The molecule has 128 valence electrons. The largest absolute Gasteiger partial charge is 0.493 e. The highest BCUT2D eigenvalue weighted by atomic mass is 32.1. The van der Waals surface area contributed by atoms with E-state index in [1.54, 1.807) is 28.4 Å². The molecule has 1 aromatic carbocycles. The highest BCUT2D eigenvalue weighted by Crippen LogP contribution is 2.49. The van der Waals surface area contributed by atoms with Crippen LogP contribution in [0.1, 0.15) is 22.8 Å². The number of anilines is 2. The van der Waals surface area contributed by atoms with E-state index in [4.69, 9.17) is 14.2 Å². The van der Waals surface area contributed by atoms with Crippen LogP contribution in [-0.2, 0) is 4.79 Å². The molecule has 2 heterocycles. The maximum Gasteiger partial charge on any atom is 0.226 e. The number of thiazole rings is 1. The Morgan fingerprint density at radius 1 is 1.21 bits per heavy atom. The molecule has 2 aromatic rings. The summed E-state index contributed by atoms with van der Waals surface area (Å²) in [5.74, 6) is 2.05. The molecule has 24 heavy (non-hydrogen) atoms. The van der Waals surface area contributed by atoms with E-state index in [2.05, 4.69) is 15.6 Å². The van der Waals surface area contributed by atoms with Gasteiger partial charge in [-0.25, -0.2) is 4.98 Å². The molecule has 0 spiro atoms. The maximum absolute atomic E-state index is 12.1. The quantitative estimate of drug-likeness (QED) is 0.864. The van der Waals surface area contributed by atoms with Crippen LogP contribution in [-0.4, -0.2) is 39.3 Å². The number of amides is 1.